The second kappa shape index (κ2) is 13.8. The second-order valence-corrected chi connectivity index (χ2v) is 10.3. The highest BCUT2D eigenvalue weighted by molar-refractivity contribution is 6.21. The first kappa shape index (κ1) is 30.1. The lowest BCUT2D eigenvalue weighted by Gasteiger charge is -2.31. The summed E-state index contributed by atoms with van der Waals surface area (Å²) >= 11 is 6.48. The van der Waals surface area contributed by atoms with Crippen LogP contribution in [0.15, 0.2) is 36.4 Å². The Bertz CT molecular complexity index is 806. The molecule has 1 N–H and O–H groups in total. The first-order valence-corrected chi connectivity index (χ1v) is 12.4. The second-order valence-electron chi connectivity index (χ2n) is 9.84. The molecule has 1 rings (SSSR count). The number of allylic oxidation sites excluding steroid dienone is 1. The Morgan fingerprint density at radius 2 is 1.74 bits per heavy atom. The number of esters is 2. The van der Waals surface area contributed by atoms with Gasteiger partial charge < -0.3 is 14.6 Å². The fourth-order valence-corrected chi connectivity index (χ4v) is 3.62. The van der Waals surface area contributed by atoms with Gasteiger partial charge in [0.05, 0.1) is 16.9 Å². The van der Waals surface area contributed by atoms with Crippen LogP contribution in [0.3, 0.4) is 0 Å². The third-order valence-electron chi connectivity index (χ3n) is 6.12. The summed E-state index contributed by atoms with van der Waals surface area (Å²) in [4.78, 5) is 25.8. The van der Waals surface area contributed by atoms with Crippen molar-refractivity contribution in [3.8, 4) is 0 Å². The highest BCUT2D eigenvalue weighted by Crippen LogP contribution is 2.32. The number of aliphatic hydroxyl groups is 1. The predicted octanol–water partition coefficient (Wildman–Crippen LogP) is 6.37. The maximum atomic E-state index is 13.3. The van der Waals surface area contributed by atoms with Crippen LogP contribution in [0.25, 0.3) is 0 Å². The van der Waals surface area contributed by atoms with Crippen molar-refractivity contribution in [2.24, 2.45) is 17.3 Å². The number of hydrogen-bond donors (Lipinski definition) is 1. The van der Waals surface area contributed by atoms with Gasteiger partial charge in [-0.1, -0.05) is 52.0 Å². The smallest absolute Gasteiger partial charge is 0.347 e. The highest BCUT2D eigenvalue weighted by atomic mass is 35.5. The molecule has 0 unspecified atom stereocenters. The number of halogens is 2. The van der Waals surface area contributed by atoms with Gasteiger partial charge in [0.2, 0.25) is 0 Å². The van der Waals surface area contributed by atoms with Crippen molar-refractivity contribution in [1.29, 1.82) is 0 Å². The molecule has 0 heterocycles. The average Bonchev–Trinajstić information content (AvgIpc) is 2.79. The molecule has 0 aliphatic carbocycles. The zero-order valence-electron chi connectivity index (χ0n) is 21.4. The Labute approximate surface area is 208 Å². The zero-order valence-corrected chi connectivity index (χ0v) is 22.1. The van der Waals surface area contributed by atoms with Crippen molar-refractivity contribution in [2.45, 2.75) is 91.4 Å². The van der Waals surface area contributed by atoms with Gasteiger partial charge >= 0.3 is 11.9 Å². The quantitative estimate of drug-likeness (QED) is 0.194. The monoisotopic (exact) mass is 498 g/mol. The number of hydrogen-bond acceptors (Lipinski definition) is 5. The summed E-state index contributed by atoms with van der Waals surface area (Å²) in [7, 11) is 0. The summed E-state index contributed by atoms with van der Waals surface area (Å²) in [6.45, 7) is 12.9. The van der Waals surface area contributed by atoms with Gasteiger partial charge in [0.1, 0.15) is 11.9 Å². The minimum absolute atomic E-state index is 0.0952. The summed E-state index contributed by atoms with van der Waals surface area (Å²) < 4.78 is 24.7. The number of alkyl halides is 1. The summed E-state index contributed by atoms with van der Waals surface area (Å²) in [5.74, 6) is -1.94. The molecule has 0 aliphatic heterocycles. The van der Waals surface area contributed by atoms with E-state index < -0.39 is 52.8 Å². The molecule has 34 heavy (non-hydrogen) atoms. The number of benzene rings is 1. The first-order chi connectivity index (χ1) is 15.8. The van der Waals surface area contributed by atoms with Crippen molar-refractivity contribution in [3.05, 3.63) is 47.8 Å². The van der Waals surface area contributed by atoms with Gasteiger partial charge in [-0.25, -0.2) is 9.18 Å². The normalized spacial score (nSPS) is 16.7. The molecule has 0 fully saturated rings. The molecular weight excluding hydrogens is 459 g/mol. The molecule has 7 heteroatoms. The molecule has 1 aromatic carbocycles. The van der Waals surface area contributed by atoms with Crippen molar-refractivity contribution < 1.29 is 28.6 Å². The Balaban J connectivity index is 3.06. The lowest BCUT2D eigenvalue weighted by molar-refractivity contribution is -0.180. The predicted molar refractivity (Wildman–Crippen MR) is 133 cm³/mol. The topological polar surface area (TPSA) is 72.8 Å². The third kappa shape index (κ3) is 9.03. The van der Waals surface area contributed by atoms with E-state index in [0.717, 1.165) is 0 Å². The van der Waals surface area contributed by atoms with Crippen molar-refractivity contribution in [3.63, 3.8) is 0 Å². The molecule has 0 amide bonds. The number of ether oxygens (including phenoxy) is 2. The lowest BCUT2D eigenvalue weighted by atomic mass is 9.90. The molecule has 0 aliphatic rings. The largest absolute Gasteiger partial charge is 0.459 e. The average molecular weight is 499 g/mol. The van der Waals surface area contributed by atoms with E-state index in [2.05, 4.69) is 0 Å². The summed E-state index contributed by atoms with van der Waals surface area (Å²) in [5, 5.41) is 10.1. The Morgan fingerprint density at radius 3 is 2.24 bits per heavy atom. The number of carbonyl (C=O) groups excluding carboxylic acids is 2. The minimum atomic E-state index is -1.07. The fraction of sp³-hybridized carbons (Fsp3) is 0.630. The van der Waals surface area contributed by atoms with Gasteiger partial charge in [-0.2, -0.15) is 0 Å². The van der Waals surface area contributed by atoms with E-state index in [9.17, 15) is 19.1 Å². The maximum absolute atomic E-state index is 13.3. The van der Waals surface area contributed by atoms with Crippen LogP contribution in [-0.4, -0.2) is 35.4 Å². The summed E-state index contributed by atoms with van der Waals surface area (Å²) in [6, 6.07) is 5.59. The van der Waals surface area contributed by atoms with E-state index in [-0.39, 0.29) is 5.92 Å². The van der Waals surface area contributed by atoms with Crippen LogP contribution in [0, 0.1) is 23.1 Å². The molecule has 0 bridgehead atoms. The molecule has 0 spiro atoms. The third-order valence-corrected chi connectivity index (χ3v) is 6.63. The van der Waals surface area contributed by atoms with E-state index in [1.807, 2.05) is 39.8 Å². The Kier molecular flexibility index (Phi) is 12.3. The molecular formula is C27H40ClFO5. The van der Waals surface area contributed by atoms with Crippen LogP contribution in [0.2, 0.25) is 0 Å². The molecule has 192 valence electrons. The van der Waals surface area contributed by atoms with Crippen LogP contribution in [-0.2, 0) is 19.1 Å². The first-order valence-electron chi connectivity index (χ1n) is 11.9. The van der Waals surface area contributed by atoms with Crippen molar-refractivity contribution >= 4 is 23.5 Å². The van der Waals surface area contributed by atoms with Crippen molar-refractivity contribution in [1.82, 2.24) is 0 Å². The number of aliphatic hydroxyl groups excluding tert-OH is 1. The van der Waals surface area contributed by atoms with E-state index in [1.165, 1.54) is 24.3 Å². The van der Waals surface area contributed by atoms with E-state index in [1.54, 1.807) is 20.8 Å². The molecule has 1 aromatic rings. The Morgan fingerprint density at radius 1 is 1.15 bits per heavy atom. The van der Waals surface area contributed by atoms with Crippen LogP contribution >= 0.6 is 11.6 Å². The maximum Gasteiger partial charge on any atom is 0.347 e. The van der Waals surface area contributed by atoms with E-state index >= 15 is 0 Å². The van der Waals surface area contributed by atoms with Crippen LogP contribution < -0.4 is 0 Å². The standard InChI is InChI=1S/C27H40ClFO5/c1-8-10-11-21(18(5)24(30)23(28)19-12-14-20(29)15-13-19)33-25(31)22(16-17(3)4)34-26(32)27(6,7)9-2/h8,10,12-15,17-18,21-24,30H,9,11,16H2,1-7H3/t18-,21-,22-,23-,24+/m0/s1. The van der Waals surface area contributed by atoms with E-state index in [0.29, 0.717) is 24.8 Å². The van der Waals surface area contributed by atoms with Gasteiger partial charge in [0.15, 0.2) is 6.10 Å². The van der Waals surface area contributed by atoms with Gasteiger partial charge in [-0.05, 0) is 57.2 Å². The van der Waals surface area contributed by atoms with Gasteiger partial charge in [-0.3, -0.25) is 4.79 Å². The molecule has 5 nitrogen and oxygen atoms in total. The SMILES string of the molecule is CC=CC[C@H](OC(=O)[C@H](CC(C)C)OC(=O)C(C)(C)CC)[C@H](C)[C@@H](O)[C@@H](Cl)c1ccc(F)cc1. The molecule has 0 saturated carbocycles. The summed E-state index contributed by atoms with van der Waals surface area (Å²) in [6.07, 6.45) is 2.11. The van der Waals surface area contributed by atoms with Gasteiger partial charge in [-0.15, -0.1) is 11.6 Å². The fourth-order valence-electron chi connectivity index (χ4n) is 3.25. The van der Waals surface area contributed by atoms with Crippen LogP contribution in [0.4, 0.5) is 4.39 Å². The minimum Gasteiger partial charge on any atom is -0.459 e. The molecule has 5 atom stereocenters. The molecule has 0 saturated heterocycles. The molecule has 0 aromatic heterocycles. The van der Waals surface area contributed by atoms with Crippen molar-refractivity contribution in [2.75, 3.05) is 0 Å². The van der Waals surface area contributed by atoms with Gasteiger partial charge in [0, 0.05) is 12.3 Å². The van der Waals surface area contributed by atoms with Crippen LogP contribution in [0.5, 0.6) is 0 Å². The zero-order chi connectivity index (χ0) is 26.1. The van der Waals surface area contributed by atoms with Crippen LogP contribution in [0.1, 0.15) is 78.7 Å². The Hall–Kier alpha value is -1.92. The van der Waals surface area contributed by atoms with E-state index in [4.69, 9.17) is 21.1 Å². The number of rotatable bonds is 13. The number of carbonyl (C=O) groups is 2. The summed E-state index contributed by atoms with van der Waals surface area (Å²) in [5.41, 5.74) is -0.156. The molecule has 0 radical (unpaired) electrons. The van der Waals surface area contributed by atoms with Gasteiger partial charge in [0.25, 0.3) is 0 Å². The lowest BCUT2D eigenvalue weighted by Crippen LogP contribution is -2.40. The highest BCUT2D eigenvalue weighted by Gasteiger charge is 2.37.